The van der Waals surface area contributed by atoms with Crippen molar-refractivity contribution in [1.82, 2.24) is 0 Å². The highest BCUT2D eigenvalue weighted by molar-refractivity contribution is 8.00. The first-order valence-corrected chi connectivity index (χ1v) is 6.48. The fourth-order valence-corrected chi connectivity index (χ4v) is 1.96. The van der Waals surface area contributed by atoms with Crippen LogP contribution in [0.15, 0.2) is 30.3 Å². The predicted octanol–water partition coefficient (Wildman–Crippen LogP) is 2.77. The molecule has 0 spiro atoms. The summed E-state index contributed by atoms with van der Waals surface area (Å²) in [5.41, 5.74) is 0.982. The predicted molar refractivity (Wildman–Crippen MR) is 68.4 cm³/mol. The van der Waals surface area contributed by atoms with Crippen LogP contribution < -0.4 is 0 Å². The average molecular weight is 249 g/mol. The van der Waals surface area contributed by atoms with Crippen molar-refractivity contribution < 1.29 is 9.53 Å². The van der Waals surface area contributed by atoms with E-state index >= 15 is 0 Å². The van der Waals surface area contributed by atoms with E-state index in [9.17, 15) is 4.79 Å². The summed E-state index contributed by atoms with van der Waals surface area (Å²) in [6.45, 7) is 2.11. The SMILES string of the molecule is CC(SCCC#N)C(=O)OCc1ccccc1. The number of nitriles is 1. The minimum atomic E-state index is -0.225. The number of rotatable bonds is 6. The first kappa shape index (κ1) is 13.6. The minimum Gasteiger partial charge on any atom is -0.460 e. The minimum absolute atomic E-state index is 0.216. The summed E-state index contributed by atoms with van der Waals surface area (Å²) < 4.78 is 5.18. The second-order valence-electron chi connectivity index (χ2n) is 3.51. The van der Waals surface area contributed by atoms with E-state index in [1.807, 2.05) is 36.4 Å². The van der Waals surface area contributed by atoms with E-state index in [4.69, 9.17) is 10.00 Å². The van der Waals surface area contributed by atoms with Crippen LogP contribution in [0.3, 0.4) is 0 Å². The fourth-order valence-electron chi connectivity index (χ4n) is 1.20. The zero-order valence-electron chi connectivity index (χ0n) is 9.76. The van der Waals surface area contributed by atoms with Crippen molar-refractivity contribution >= 4 is 17.7 Å². The molecular weight excluding hydrogens is 234 g/mol. The normalized spacial score (nSPS) is 11.5. The zero-order valence-corrected chi connectivity index (χ0v) is 10.6. The maximum Gasteiger partial charge on any atom is 0.319 e. The third-order valence-corrected chi connectivity index (χ3v) is 3.27. The van der Waals surface area contributed by atoms with Crippen LogP contribution in [0.2, 0.25) is 0 Å². The van der Waals surface area contributed by atoms with Crippen molar-refractivity contribution in [3.8, 4) is 6.07 Å². The Morgan fingerprint density at radius 1 is 1.47 bits per heavy atom. The summed E-state index contributed by atoms with van der Waals surface area (Å²) in [5.74, 6) is 0.440. The van der Waals surface area contributed by atoms with Crippen molar-refractivity contribution in [3.63, 3.8) is 0 Å². The lowest BCUT2D eigenvalue weighted by molar-refractivity contribution is -0.143. The molecular formula is C13H15NO2S. The summed E-state index contributed by atoms with van der Waals surface area (Å²) in [7, 11) is 0. The topological polar surface area (TPSA) is 50.1 Å². The van der Waals surface area contributed by atoms with E-state index in [-0.39, 0.29) is 11.2 Å². The molecule has 1 rings (SSSR count). The Balaban J connectivity index is 2.27. The highest BCUT2D eigenvalue weighted by Gasteiger charge is 2.14. The van der Waals surface area contributed by atoms with Crippen LogP contribution in [0.1, 0.15) is 18.9 Å². The Kier molecular flexibility index (Phi) is 6.19. The van der Waals surface area contributed by atoms with Crippen molar-refractivity contribution in [2.75, 3.05) is 5.75 Å². The van der Waals surface area contributed by atoms with E-state index in [2.05, 4.69) is 0 Å². The van der Waals surface area contributed by atoms with E-state index in [0.717, 1.165) is 5.56 Å². The van der Waals surface area contributed by atoms with Crippen molar-refractivity contribution in [2.45, 2.75) is 25.2 Å². The lowest BCUT2D eigenvalue weighted by atomic mass is 10.2. The second-order valence-corrected chi connectivity index (χ2v) is 4.96. The third-order valence-electron chi connectivity index (χ3n) is 2.14. The van der Waals surface area contributed by atoms with Gasteiger partial charge in [0.2, 0.25) is 0 Å². The molecule has 4 heteroatoms. The van der Waals surface area contributed by atoms with Gasteiger partial charge in [0.25, 0.3) is 0 Å². The Hall–Kier alpha value is -1.47. The molecule has 90 valence electrons. The van der Waals surface area contributed by atoms with Gasteiger partial charge in [0.05, 0.1) is 11.3 Å². The molecule has 0 radical (unpaired) electrons. The molecule has 1 atom stereocenters. The maximum absolute atomic E-state index is 11.6. The van der Waals surface area contributed by atoms with Gasteiger partial charge in [-0.3, -0.25) is 4.79 Å². The van der Waals surface area contributed by atoms with Crippen molar-refractivity contribution in [3.05, 3.63) is 35.9 Å². The highest BCUT2D eigenvalue weighted by atomic mass is 32.2. The largest absolute Gasteiger partial charge is 0.460 e. The summed E-state index contributed by atoms with van der Waals surface area (Å²) in [5, 5.41) is 8.17. The quantitative estimate of drug-likeness (QED) is 0.574. The number of nitrogens with zero attached hydrogens (tertiary/aromatic N) is 1. The number of hydrogen-bond donors (Lipinski definition) is 0. The lowest BCUT2D eigenvalue weighted by Crippen LogP contribution is -2.17. The van der Waals surface area contributed by atoms with Crippen molar-refractivity contribution in [2.24, 2.45) is 0 Å². The molecule has 0 bridgehead atoms. The van der Waals surface area contributed by atoms with Crippen molar-refractivity contribution in [1.29, 1.82) is 5.26 Å². The van der Waals surface area contributed by atoms with Gasteiger partial charge in [-0.1, -0.05) is 30.3 Å². The van der Waals surface area contributed by atoms with E-state index < -0.39 is 0 Å². The van der Waals surface area contributed by atoms with Gasteiger partial charge in [-0.05, 0) is 12.5 Å². The summed E-state index contributed by atoms with van der Waals surface area (Å²) in [4.78, 5) is 11.6. The number of esters is 1. The van der Waals surface area contributed by atoms with Gasteiger partial charge in [0.15, 0.2) is 0 Å². The molecule has 0 saturated carbocycles. The Morgan fingerprint density at radius 2 is 2.18 bits per heavy atom. The molecule has 0 heterocycles. The van der Waals surface area contributed by atoms with Gasteiger partial charge in [-0.2, -0.15) is 5.26 Å². The van der Waals surface area contributed by atoms with Gasteiger partial charge in [0.1, 0.15) is 6.61 Å². The molecule has 1 aromatic carbocycles. The third kappa shape index (κ3) is 5.41. The number of ether oxygens (including phenoxy) is 1. The van der Waals surface area contributed by atoms with Crippen LogP contribution in [0.5, 0.6) is 0 Å². The highest BCUT2D eigenvalue weighted by Crippen LogP contribution is 2.13. The molecule has 0 amide bonds. The second kappa shape index (κ2) is 7.75. The molecule has 1 unspecified atom stereocenters. The summed E-state index contributed by atoms with van der Waals surface area (Å²) >= 11 is 1.45. The summed E-state index contributed by atoms with van der Waals surface area (Å²) in [6, 6.07) is 11.6. The van der Waals surface area contributed by atoms with Crippen LogP contribution >= 0.6 is 11.8 Å². The molecule has 1 aromatic rings. The molecule has 0 saturated heterocycles. The number of carbonyl (C=O) groups is 1. The van der Waals surface area contributed by atoms with E-state index in [0.29, 0.717) is 18.8 Å². The number of carbonyl (C=O) groups excluding carboxylic acids is 1. The van der Waals surface area contributed by atoms with Gasteiger partial charge in [-0.15, -0.1) is 11.8 Å². The van der Waals surface area contributed by atoms with Gasteiger partial charge >= 0.3 is 5.97 Å². The molecule has 0 aromatic heterocycles. The molecule has 0 N–H and O–H groups in total. The van der Waals surface area contributed by atoms with Crippen LogP contribution in [-0.2, 0) is 16.1 Å². The van der Waals surface area contributed by atoms with Gasteiger partial charge in [0, 0.05) is 12.2 Å². The smallest absolute Gasteiger partial charge is 0.319 e. The van der Waals surface area contributed by atoms with Crippen LogP contribution in [-0.4, -0.2) is 17.0 Å². The Bertz CT molecular complexity index is 386. The van der Waals surface area contributed by atoms with E-state index in [1.54, 1.807) is 6.92 Å². The zero-order chi connectivity index (χ0) is 12.5. The fraction of sp³-hybridized carbons (Fsp3) is 0.385. The van der Waals surface area contributed by atoms with Gasteiger partial charge in [-0.25, -0.2) is 0 Å². The van der Waals surface area contributed by atoms with Crippen LogP contribution in [0.25, 0.3) is 0 Å². The molecule has 0 aliphatic carbocycles. The van der Waals surface area contributed by atoms with Crippen LogP contribution in [0, 0.1) is 11.3 Å². The molecule has 0 aliphatic heterocycles. The van der Waals surface area contributed by atoms with Gasteiger partial charge < -0.3 is 4.74 Å². The number of benzene rings is 1. The lowest BCUT2D eigenvalue weighted by Gasteiger charge is -2.10. The molecule has 0 aliphatic rings. The Morgan fingerprint density at radius 3 is 2.82 bits per heavy atom. The number of thioether (sulfide) groups is 1. The Labute approximate surface area is 106 Å². The first-order valence-electron chi connectivity index (χ1n) is 5.43. The molecule has 3 nitrogen and oxygen atoms in total. The summed E-state index contributed by atoms with van der Waals surface area (Å²) in [6.07, 6.45) is 0.459. The number of hydrogen-bond acceptors (Lipinski definition) is 4. The maximum atomic E-state index is 11.6. The monoisotopic (exact) mass is 249 g/mol. The standard InChI is InChI=1S/C13H15NO2S/c1-11(17-9-5-8-14)13(15)16-10-12-6-3-2-4-7-12/h2-4,6-7,11H,5,9-10H2,1H3. The molecule has 17 heavy (non-hydrogen) atoms. The van der Waals surface area contributed by atoms with Crippen LogP contribution in [0.4, 0.5) is 0 Å². The average Bonchev–Trinajstić information content (AvgIpc) is 2.37. The van der Waals surface area contributed by atoms with E-state index in [1.165, 1.54) is 11.8 Å². The molecule has 0 fully saturated rings. The first-order chi connectivity index (χ1) is 8.24.